The van der Waals surface area contributed by atoms with Crippen molar-refractivity contribution >= 4 is 23.4 Å². The minimum atomic E-state index is -0.353. The number of carbonyl (C=O) groups is 1. The molecule has 1 N–H and O–H groups in total. The van der Waals surface area contributed by atoms with Gasteiger partial charge >= 0.3 is 0 Å². The fourth-order valence-corrected chi connectivity index (χ4v) is 3.73. The van der Waals surface area contributed by atoms with Crippen molar-refractivity contribution < 1.29 is 9.53 Å². The van der Waals surface area contributed by atoms with E-state index in [2.05, 4.69) is 22.1 Å². The van der Waals surface area contributed by atoms with Gasteiger partial charge in [-0.1, -0.05) is 42.1 Å². The summed E-state index contributed by atoms with van der Waals surface area (Å²) in [6, 6.07) is 15.4. The number of benzene rings is 2. The zero-order valence-corrected chi connectivity index (χ0v) is 17.6. The van der Waals surface area contributed by atoms with E-state index in [-0.39, 0.29) is 11.2 Å². The molecule has 7 heteroatoms. The predicted octanol–water partition coefficient (Wildman–Crippen LogP) is 4.57. The molecule has 0 radical (unpaired) electrons. The highest BCUT2D eigenvalue weighted by Crippen LogP contribution is 2.32. The molecule has 150 valence electrons. The monoisotopic (exact) mass is 408 g/mol. The quantitative estimate of drug-likeness (QED) is 0.437. The Bertz CT molecular complexity index is 1020. The molecule has 0 fully saturated rings. The molecule has 0 unspecified atom stereocenters. The first-order chi connectivity index (χ1) is 14.0. The third-order valence-electron chi connectivity index (χ3n) is 4.31. The zero-order valence-electron chi connectivity index (χ0n) is 16.8. The number of amides is 1. The van der Waals surface area contributed by atoms with Gasteiger partial charge in [-0.3, -0.25) is 9.36 Å². The van der Waals surface area contributed by atoms with E-state index < -0.39 is 0 Å². The second kappa shape index (κ2) is 9.43. The highest BCUT2D eigenvalue weighted by molar-refractivity contribution is 8.00. The number of aromatic nitrogens is 3. The number of para-hydroxylation sites is 1. The van der Waals surface area contributed by atoms with Gasteiger partial charge in [0.2, 0.25) is 5.91 Å². The van der Waals surface area contributed by atoms with E-state index in [1.807, 2.05) is 66.9 Å². The van der Waals surface area contributed by atoms with Crippen LogP contribution in [0.5, 0.6) is 5.75 Å². The fourth-order valence-electron chi connectivity index (χ4n) is 2.88. The van der Waals surface area contributed by atoms with Crippen molar-refractivity contribution in [2.45, 2.75) is 30.8 Å². The largest absolute Gasteiger partial charge is 0.496 e. The second-order valence-corrected chi connectivity index (χ2v) is 7.83. The Morgan fingerprint density at radius 3 is 2.79 bits per heavy atom. The fraction of sp³-hybridized carbons (Fsp3) is 0.227. The summed E-state index contributed by atoms with van der Waals surface area (Å²) in [5.41, 5.74) is 2.72. The van der Waals surface area contributed by atoms with Crippen molar-refractivity contribution in [1.29, 1.82) is 0 Å². The van der Waals surface area contributed by atoms with Gasteiger partial charge in [-0.2, -0.15) is 0 Å². The number of methoxy groups -OCH3 is 1. The number of aryl methyl sites for hydroxylation is 1. The summed E-state index contributed by atoms with van der Waals surface area (Å²) in [6.45, 7) is 8.20. The van der Waals surface area contributed by atoms with Crippen LogP contribution in [0.25, 0.3) is 11.4 Å². The van der Waals surface area contributed by atoms with Crippen LogP contribution in [0.3, 0.4) is 0 Å². The van der Waals surface area contributed by atoms with E-state index >= 15 is 0 Å². The number of thioether (sulfide) groups is 1. The molecule has 29 heavy (non-hydrogen) atoms. The van der Waals surface area contributed by atoms with Crippen LogP contribution in [0.4, 0.5) is 5.69 Å². The van der Waals surface area contributed by atoms with E-state index in [0.29, 0.717) is 23.3 Å². The summed E-state index contributed by atoms with van der Waals surface area (Å²) in [7, 11) is 1.63. The van der Waals surface area contributed by atoms with Crippen molar-refractivity contribution in [2.75, 3.05) is 12.4 Å². The number of carbonyl (C=O) groups excluding carboxylic acids is 1. The molecule has 3 rings (SSSR count). The molecule has 3 aromatic rings. The first-order valence-corrected chi connectivity index (χ1v) is 10.1. The van der Waals surface area contributed by atoms with Crippen LogP contribution in [-0.4, -0.2) is 33.0 Å². The molecule has 0 aliphatic carbocycles. The van der Waals surface area contributed by atoms with Gasteiger partial charge in [0.25, 0.3) is 0 Å². The third kappa shape index (κ3) is 4.86. The second-order valence-electron chi connectivity index (χ2n) is 6.52. The summed E-state index contributed by atoms with van der Waals surface area (Å²) in [4.78, 5) is 12.6. The average Bonchev–Trinajstić information content (AvgIpc) is 3.10. The van der Waals surface area contributed by atoms with Crippen LogP contribution < -0.4 is 10.1 Å². The standard InChI is InChI=1S/C22H24N4O2S/c1-5-13-26-20(18-11-6-7-12-19(18)28-4)24-25-22(26)29-16(3)21(27)23-17-10-8-9-15(2)14-17/h5-12,14,16H,1,13H2,2-4H3,(H,23,27)/t16-/m0/s1. The number of hydrogen-bond donors (Lipinski definition) is 1. The van der Waals surface area contributed by atoms with Crippen molar-refractivity contribution in [2.24, 2.45) is 0 Å². The van der Waals surface area contributed by atoms with Crippen LogP contribution in [0.15, 0.2) is 66.3 Å². The lowest BCUT2D eigenvalue weighted by Crippen LogP contribution is -2.23. The van der Waals surface area contributed by atoms with E-state index in [0.717, 1.165) is 16.8 Å². The maximum absolute atomic E-state index is 12.6. The third-order valence-corrected chi connectivity index (χ3v) is 5.39. The van der Waals surface area contributed by atoms with Gasteiger partial charge in [0, 0.05) is 12.2 Å². The van der Waals surface area contributed by atoms with Crippen molar-refractivity contribution in [1.82, 2.24) is 14.8 Å². The molecule has 0 aliphatic heterocycles. The molecular formula is C22H24N4O2S. The Labute approximate surface area is 175 Å². The Kier molecular flexibility index (Phi) is 6.72. The van der Waals surface area contributed by atoms with Gasteiger partial charge in [-0.25, -0.2) is 0 Å². The molecule has 0 saturated heterocycles. The first-order valence-electron chi connectivity index (χ1n) is 9.25. The number of allylic oxidation sites excluding steroid dienone is 1. The minimum Gasteiger partial charge on any atom is -0.496 e. The molecular weight excluding hydrogens is 384 g/mol. The van der Waals surface area contributed by atoms with Crippen molar-refractivity contribution in [3.8, 4) is 17.1 Å². The smallest absolute Gasteiger partial charge is 0.237 e. The van der Waals surface area contributed by atoms with Crippen LogP contribution in [0, 0.1) is 6.92 Å². The molecule has 1 amide bonds. The van der Waals surface area contributed by atoms with Gasteiger partial charge in [-0.05, 0) is 43.7 Å². The zero-order chi connectivity index (χ0) is 20.8. The van der Waals surface area contributed by atoms with E-state index in [1.165, 1.54) is 11.8 Å². The predicted molar refractivity (Wildman–Crippen MR) is 117 cm³/mol. The van der Waals surface area contributed by atoms with Crippen molar-refractivity contribution in [3.05, 3.63) is 66.7 Å². The minimum absolute atomic E-state index is 0.0902. The van der Waals surface area contributed by atoms with Gasteiger partial charge in [0.1, 0.15) is 5.75 Å². The number of nitrogens with zero attached hydrogens (tertiary/aromatic N) is 3. The summed E-state index contributed by atoms with van der Waals surface area (Å²) >= 11 is 1.36. The van der Waals surface area contributed by atoms with Crippen LogP contribution in [0.2, 0.25) is 0 Å². The lowest BCUT2D eigenvalue weighted by atomic mass is 10.2. The maximum Gasteiger partial charge on any atom is 0.237 e. The molecule has 6 nitrogen and oxygen atoms in total. The average molecular weight is 409 g/mol. The van der Waals surface area contributed by atoms with Gasteiger partial charge in [0.05, 0.1) is 17.9 Å². The number of hydrogen-bond acceptors (Lipinski definition) is 5. The number of rotatable bonds is 8. The molecule has 0 aliphatic rings. The van der Waals surface area contributed by atoms with Crippen molar-refractivity contribution in [3.63, 3.8) is 0 Å². The molecule has 0 spiro atoms. The molecule has 1 atom stereocenters. The van der Waals surface area contributed by atoms with E-state index in [1.54, 1.807) is 13.2 Å². The molecule has 1 heterocycles. The Balaban J connectivity index is 1.82. The number of anilines is 1. The topological polar surface area (TPSA) is 69.0 Å². The van der Waals surface area contributed by atoms with E-state index in [9.17, 15) is 4.79 Å². The lowest BCUT2D eigenvalue weighted by molar-refractivity contribution is -0.115. The summed E-state index contributed by atoms with van der Waals surface area (Å²) < 4.78 is 7.40. The maximum atomic E-state index is 12.6. The van der Waals surface area contributed by atoms with E-state index in [4.69, 9.17) is 4.74 Å². The first kappa shape index (κ1) is 20.7. The van der Waals surface area contributed by atoms with Crippen LogP contribution >= 0.6 is 11.8 Å². The number of nitrogens with one attached hydrogen (secondary N) is 1. The molecule has 0 saturated carbocycles. The summed E-state index contributed by atoms with van der Waals surface area (Å²) in [5.74, 6) is 1.30. The summed E-state index contributed by atoms with van der Waals surface area (Å²) in [6.07, 6.45) is 1.78. The highest BCUT2D eigenvalue weighted by Gasteiger charge is 2.21. The van der Waals surface area contributed by atoms with Gasteiger partial charge in [-0.15, -0.1) is 16.8 Å². The van der Waals surface area contributed by atoms with Crippen LogP contribution in [0.1, 0.15) is 12.5 Å². The Morgan fingerprint density at radius 2 is 2.07 bits per heavy atom. The Hall–Kier alpha value is -3.06. The van der Waals surface area contributed by atoms with Crippen LogP contribution in [-0.2, 0) is 11.3 Å². The molecule has 0 bridgehead atoms. The van der Waals surface area contributed by atoms with Gasteiger partial charge in [0.15, 0.2) is 11.0 Å². The Morgan fingerprint density at radius 1 is 1.28 bits per heavy atom. The van der Waals surface area contributed by atoms with Gasteiger partial charge < -0.3 is 10.1 Å². The number of ether oxygens (including phenoxy) is 1. The molecule has 1 aromatic heterocycles. The normalized spacial score (nSPS) is 11.7. The lowest BCUT2D eigenvalue weighted by Gasteiger charge is -2.14. The molecule has 2 aromatic carbocycles. The summed E-state index contributed by atoms with van der Waals surface area (Å²) in [5, 5.41) is 11.9. The highest BCUT2D eigenvalue weighted by atomic mass is 32.2. The SMILES string of the molecule is C=CCn1c(S[C@@H](C)C(=O)Nc2cccc(C)c2)nnc1-c1ccccc1OC.